The molecule has 0 radical (unpaired) electrons. The van der Waals surface area contributed by atoms with Gasteiger partial charge in [0, 0.05) is 36.7 Å². The summed E-state index contributed by atoms with van der Waals surface area (Å²) in [5.74, 6) is 1.58. The average Bonchev–Trinajstić information content (AvgIpc) is 1.95. The normalized spacial score (nSPS) is 11.9. The fourth-order valence-electron chi connectivity index (χ4n) is 8.46. The van der Waals surface area contributed by atoms with Gasteiger partial charge >= 0.3 is 0 Å². The molecule has 85 heavy (non-hydrogen) atoms. The molecule has 0 bridgehead atoms. The van der Waals surface area contributed by atoms with Gasteiger partial charge in [-0.05, 0) is 169 Å². The number of nitrogens with zero attached hydrogens (tertiary/aromatic N) is 3. The summed E-state index contributed by atoms with van der Waals surface area (Å²) in [5, 5.41) is 5.34. The van der Waals surface area contributed by atoms with E-state index in [2.05, 4.69) is 235 Å². The minimum Gasteiger partial charge on any atom is -0.341 e. The number of rotatable bonds is 6. The first kappa shape index (κ1) is 79.7. The van der Waals surface area contributed by atoms with Crippen molar-refractivity contribution in [2.75, 3.05) is 25.5 Å². The van der Waals surface area contributed by atoms with Crippen molar-refractivity contribution in [3.05, 3.63) is 245 Å². The smallest absolute Gasteiger partial charge is 0.154 e. The van der Waals surface area contributed by atoms with Gasteiger partial charge in [-0.1, -0.05) is 292 Å². The number of aryl methyl sites for hydroxylation is 2. The topological polar surface area (TPSA) is 54.0 Å². The van der Waals surface area contributed by atoms with Gasteiger partial charge in [-0.2, -0.15) is 0 Å². The third kappa shape index (κ3) is 29.8. The van der Waals surface area contributed by atoms with E-state index in [-0.39, 0.29) is 0 Å². The Hall–Kier alpha value is -7.40. The number of amidine groups is 1. The van der Waals surface area contributed by atoms with Gasteiger partial charge in [-0.15, -0.1) is 0 Å². The van der Waals surface area contributed by atoms with Gasteiger partial charge in [0.15, 0.2) is 5.84 Å². The molecule has 460 valence electrons. The van der Waals surface area contributed by atoms with Crippen molar-refractivity contribution in [2.45, 2.75) is 171 Å². The first-order chi connectivity index (χ1) is 41.5. The number of hydrogen-bond donors (Lipinski definition) is 1. The van der Waals surface area contributed by atoms with Crippen LogP contribution in [0.4, 0.5) is 11.4 Å². The Bertz CT molecular complexity index is 3050. The van der Waals surface area contributed by atoms with Crippen LogP contribution in [0.2, 0.25) is 0 Å². The molecule has 0 unspecified atom stereocenters. The first-order valence-corrected chi connectivity index (χ1v) is 32.1. The number of nitrogens with two attached hydrogens (primary N) is 1. The van der Waals surface area contributed by atoms with Gasteiger partial charge in [0.25, 0.3) is 0 Å². The summed E-state index contributed by atoms with van der Waals surface area (Å²) in [5.41, 5.74) is 19.8. The number of anilines is 2. The zero-order valence-electron chi connectivity index (χ0n) is 57.4. The van der Waals surface area contributed by atoms with Crippen LogP contribution in [0.15, 0.2) is 222 Å². The van der Waals surface area contributed by atoms with E-state index in [4.69, 9.17) is 0 Å². The molecule has 0 atom stereocenters. The summed E-state index contributed by atoms with van der Waals surface area (Å²) < 4.78 is 0. The van der Waals surface area contributed by atoms with Crippen molar-refractivity contribution < 1.29 is 0 Å². The molecule has 0 amide bonds. The van der Waals surface area contributed by atoms with Gasteiger partial charge in [0.2, 0.25) is 0 Å². The molecule has 8 aromatic rings. The minimum absolute atomic E-state index is 0.745. The van der Waals surface area contributed by atoms with Crippen LogP contribution in [0.25, 0.3) is 38.2 Å². The molecule has 4 heteroatoms. The molecule has 1 aliphatic rings. The predicted molar refractivity (Wildman–Crippen MR) is 392 cm³/mol. The summed E-state index contributed by atoms with van der Waals surface area (Å²) >= 11 is 0. The van der Waals surface area contributed by atoms with E-state index in [9.17, 15) is 0 Å². The second-order valence-corrected chi connectivity index (χ2v) is 19.4. The number of hydrogen-bond acceptors (Lipinski definition) is 3. The lowest BCUT2D eigenvalue weighted by Gasteiger charge is -2.28. The molecule has 1 aliphatic heterocycles. The molecule has 0 fully saturated rings. The van der Waals surface area contributed by atoms with E-state index in [1.54, 1.807) is 7.05 Å². The molecule has 8 aromatic carbocycles. The lowest BCUT2D eigenvalue weighted by molar-refractivity contribution is 0.737. The van der Waals surface area contributed by atoms with Crippen LogP contribution < -0.4 is 10.6 Å². The van der Waals surface area contributed by atoms with Crippen molar-refractivity contribution in [3.8, 4) is 11.1 Å². The van der Waals surface area contributed by atoms with Crippen molar-refractivity contribution in [1.82, 2.24) is 0 Å². The lowest BCUT2D eigenvalue weighted by Crippen LogP contribution is -2.20. The SMILES string of the molecule is C/C=C\C(C)=C(/C)c1ccc2cc(C)c3ccccc3c2c1.CC.CC.CC.CC.CC.CC(C)C.CCC.CN.CN=C(N=Cc1ccccc1)c1ccccc1.Cc1ccc2c(c1)N(c1ccc(-c3ccccc3)cc1)CCCC/C=C\C2. The first-order valence-electron chi connectivity index (χ1n) is 32.1. The van der Waals surface area contributed by atoms with Crippen molar-refractivity contribution in [3.63, 3.8) is 0 Å². The van der Waals surface area contributed by atoms with Crippen LogP contribution in [0, 0.1) is 19.8 Å². The Morgan fingerprint density at radius 1 is 0.565 bits per heavy atom. The van der Waals surface area contributed by atoms with Gasteiger partial charge in [0.05, 0.1) is 0 Å². The van der Waals surface area contributed by atoms with Crippen LogP contribution in [-0.4, -0.2) is 32.7 Å². The van der Waals surface area contributed by atoms with Crippen molar-refractivity contribution >= 4 is 50.5 Å². The zero-order valence-corrected chi connectivity index (χ0v) is 57.4. The highest BCUT2D eigenvalue weighted by Gasteiger charge is 2.15. The maximum Gasteiger partial charge on any atom is 0.154 e. The summed E-state index contributed by atoms with van der Waals surface area (Å²) in [6, 6.07) is 64.3. The van der Waals surface area contributed by atoms with Crippen molar-refractivity contribution in [1.29, 1.82) is 0 Å². The fourth-order valence-corrected chi connectivity index (χ4v) is 8.46. The standard InChI is InChI=1S/C26H27N.C22H22.C15H14N2.C4H10.C3H8.5C2H6.CH5N/c1-21-13-14-24-12-6-3-2-4-9-19-27(26(24)20-21)25-17-15-23(16-18-25)22-10-7-5-8-11-22;1-5-8-15(2)17(4)18-11-12-19-13-16(3)20-9-6-7-10-21(20)22(19)14-18;1-16-15(14-10-6-3-7-11-14)17-12-13-8-4-2-5-9-13;1-4(2)3;1-3-2;6*1-2/h3,5-8,10-11,13-18,20H,2,4,9,12,19H2,1H3;5-14H,1-4H3;2-12H,1H3;4H,1-3H3;3H2,1-2H3;5*1-2H3;2H2,1H3/b6-3-;8-5-,17-15+;;;;;;;;;. The van der Waals surface area contributed by atoms with E-state index in [1.807, 2.05) is 136 Å². The Labute approximate surface area is 521 Å². The van der Waals surface area contributed by atoms with Crippen LogP contribution in [0.5, 0.6) is 0 Å². The third-order valence-corrected chi connectivity index (χ3v) is 12.2. The third-order valence-electron chi connectivity index (χ3n) is 12.2. The Morgan fingerprint density at radius 2 is 1.08 bits per heavy atom. The largest absolute Gasteiger partial charge is 0.341 e. The summed E-state index contributed by atoms with van der Waals surface area (Å²) in [6.07, 6.45) is 16.7. The van der Waals surface area contributed by atoms with E-state index >= 15 is 0 Å². The minimum atomic E-state index is 0.745. The molecule has 2 N–H and O–H groups in total. The summed E-state index contributed by atoms with van der Waals surface area (Å²) in [7, 11) is 3.25. The molecule has 0 aromatic heterocycles. The highest BCUT2D eigenvalue weighted by atomic mass is 15.1. The van der Waals surface area contributed by atoms with Gasteiger partial charge < -0.3 is 10.6 Å². The van der Waals surface area contributed by atoms with E-state index in [0.717, 1.165) is 35.8 Å². The highest BCUT2D eigenvalue weighted by molar-refractivity contribution is 6.10. The second kappa shape index (κ2) is 51.1. The lowest BCUT2D eigenvalue weighted by atomic mass is 9.94. The van der Waals surface area contributed by atoms with Crippen LogP contribution in [-0.2, 0) is 6.42 Å². The van der Waals surface area contributed by atoms with Gasteiger partial charge in [-0.25, -0.2) is 4.99 Å². The zero-order chi connectivity index (χ0) is 64.4. The molecule has 0 saturated carbocycles. The van der Waals surface area contributed by atoms with Crippen LogP contribution in [0.3, 0.4) is 0 Å². The van der Waals surface area contributed by atoms with Crippen LogP contribution >= 0.6 is 0 Å². The van der Waals surface area contributed by atoms with Gasteiger partial charge in [0.1, 0.15) is 0 Å². The number of allylic oxidation sites excluding steroid dienone is 6. The molecular formula is C81H116N4. The highest BCUT2D eigenvalue weighted by Crippen LogP contribution is 2.34. The average molecular weight is 1150 g/mol. The maximum atomic E-state index is 4.50. The molecule has 1 heterocycles. The number of fused-ring (bicyclic) bond motifs is 4. The van der Waals surface area contributed by atoms with E-state index < -0.39 is 0 Å². The molecule has 9 rings (SSSR count). The summed E-state index contributed by atoms with van der Waals surface area (Å²) in [6.45, 7) is 42.6. The Balaban J connectivity index is 0. The van der Waals surface area contributed by atoms with Crippen LogP contribution in [0.1, 0.15) is 184 Å². The Kier molecular flexibility index (Phi) is 47.9. The molecule has 0 saturated heterocycles. The van der Waals surface area contributed by atoms with Gasteiger partial charge in [-0.3, -0.25) is 4.99 Å². The second-order valence-electron chi connectivity index (χ2n) is 19.4. The number of aliphatic imine (C=N–C) groups is 2. The molecule has 0 spiro atoms. The monoisotopic (exact) mass is 1140 g/mol. The molecule has 4 nitrogen and oxygen atoms in total. The van der Waals surface area contributed by atoms with Crippen molar-refractivity contribution in [2.24, 2.45) is 21.6 Å². The van der Waals surface area contributed by atoms with E-state index in [0.29, 0.717) is 0 Å². The maximum absolute atomic E-state index is 4.50. The fraction of sp³-hybridized carbons (Fsp3) is 0.358. The summed E-state index contributed by atoms with van der Waals surface area (Å²) in [4.78, 5) is 11.1. The number of benzene rings is 8. The molecule has 0 aliphatic carbocycles. The van der Waals surface area contributed by atoms with E-state index in [1.165, 1.54) is 110 Å². The Morgan fingerprint density at radius 3 is 1.64 bits per heavy atom. The quantitative estimate of drug-likeness (QED) is 0.0593. The molecular weight excluding hydrogens is 1030 g/mol. The predicted octanol–water partition coefficient (Wildman–Crippen LogP) is 24.7.